The molecule has 3 aromatic carbocycles. The third kappa shape index (κ3) is 6.87. The number of thioether (sulfide) groups is 1. The first kappa shape index (κ1) is 23.9. The van der Waals surface area contributed by atoms with Crippen molar-refractivity contribution in [3.63, 3.8) is 0 Å². The molecule has 0 aliphatic rings. The van der Waals surface area contributed by atoms with E-state index in [1.165, 1.54) is 17.3 Å². The normalized spacial score (nSPS) is 11.6. The third-order valence-corrected chi connectivity index (χ3v) is 6.42. The first-order valence-corrected chi connectivity index (χ1v) is 11.8. The molecule has 0 spiro atoms. The Bertz CT molecular complexity index is 1020. The lowest BCUT2D eigenvalue weighted by molar-refractivity contribution is -0.139. The molecule has 32 heavy (non-hydrogen) atoms. The summed E-state index contributed by atoms with van der Waals surface area (Å²) in [5, 5.41) is 3.37. The van der Waals surface area contributed by atoms with Gasteiger partial charge in [-0.15, -0.1) is 11.8 Å². The Balaban J connectivity index is 1.85. The second-order valence-corrected chi connectivity index (χ2v) is 9.05. The van der Waals surface area contributed by atoms with Crippen molar-refractivity contribution in [1.82, 2.24) is 10.2 Å². The van der Waals surface area contributed by atoms with E-state index in [9.17, 15) is 9.59 Å². The van der Waals surface area contributed by atoms with Crippen LogP contribution in [0.3, 0.4) is 0 Å². The molecule has 0 saturated carbocycles. The monoisotopic (exact) mass is 466 g/mol. The van der Waals surface area contributed by atoms with Gasteiger partial charge in [0.25, 0.3) is 0 Å². The molecule has 0 saturated heterocycles. The zero-order valence-electron chi connectivity index (χ0n) is 18.3. The van der Waals surface area contributed by atoms with Gasteiger partial charge in [0.05, 0.1) is 5.75 Å². The lowest BCUT2D eigenvalue weighted by Crippen LogP contribution is -2.50. The summed E-state index contributed by atoms with van der Waals surface area (Å²) in [7, 11) is 1.60. The molecule has 3 aromatic rings. The molecule has 1 N–H and O–H groups in total. The smallest absolute Gasteiger partial charge is 0.242 e. The van der Waals surface area contributed by atoms with Gasteiger partial charge in [0.1, 0.15) is 6.04 Å². The molecule has 0 aliphatic heterocycles. The summed E-state index contributed by atoms with van der Waals surface area (Å²) in [6, 6.07) is 24.6. The van der Waals surface area contributed by atoms with Crippen LogP contribution >= 0.6 is 23.4 Å². The molecule has 0 fully saturated rings. The number of carbonyl (C=O) groups excluding carboxylic acids is 2. The molecule has 0 heterocycles. The summed E-state index contributed by atoms with van der Waals surface area (Å²) in [6.45, 7) is 2.36. The Morgan fingerprint density at radius 3 is 2.22 bits per heavy atom. The molecular formula is C26H27ClN2O2S. The zero-order chi connectivity index (χ0) is 22.9. The fourth-order valence-corrected chi connectivity index (χ4v) is 4.28. The van der Waals surface area contributed by atoms with Crippen LogP contribution in [-0.2, 0) is 22.6 Å². The second-order valence-electron chi connectivity index (χ2n) is 7.57. The van der Waals surface area contributed by atoms with E-state index in [0.29, 0.717) is 18.0 Å². The number of likely N-dealkylation sites (N-methyl/N-ethyl adjacent to an activating group) is 1. The van der Waals surface area contributed by atoms with E-state index < -0.39 is 6.04 Å². The molecule has 0 aliphatic carbocycles. The predicted octanol–water partition coefficient (Wildman–Crippen LogP) is 5.13. The summed E-state index contributed by atoms with van der Waals surface area (Å²) in [5.41, 5.74) is 3.10. The van der Waals surface area contributed by atoms with E-state index in [-0.39, 0.29) is 17.6 Å². The number of nitrogens with zero attached hydrogens (tertiary/aromatic N) is 1. The van der Waals surface area contributed by atoms with Crippen LogP contribution in [0.4, 0.5) is 0 Å². The minimum atomic E-state index is -0.621. The Kier molecular flexibility index (Phi) is 8.77. The van der Waals surface area contributed by atoms with Crippen LogP contribution in [0.15, 0.2) is 83.8 Å². The summed E-state index contributed by atoms with van der Waals surface area (Å²) in [6.07, 6.45) is 0.440. The number of carbonyl (C=O) groups is 2. The van der Waals surface area contributed by atoms with E-state index in [0.717, 1.165) is 16.0 Å². The number of aryl methyl sites for hydroxylation is 1. The number of benzene rings is 3. The van der Waals surface area contributed by atoms with Gasteiger partial charge in [0.15, 0.2) is 0 Å². The van der Waals surface area contributed by atoms with Gasteiger partial charge < -0.3 is 10.2 Å². The zero-order valence-corrected chi connectivity index (χ0v) is 19.8. The van der Waals surface area contributed by atoms with Crippen molar-refractivity contribution in [3.8, 4) is 0 Å². The molecule has 2 amide bonds. The van der Waals surface area contributed by atoms with Gasteiger partial charge >= 0.3 is 0 Å². The maximum Gasteiger partial charge on any atom is 0.242 e. The summed E-state index contributed by atoms with van der Waals surface area (Å²) >= 11 is 7.51. The van der Waals surface area contributed by atoms with E-state index in [2.05, 4.69) is 5.32 Å². The van der Waals surface area contributed by atoms with Crippen molar-refractivity contribution in [2.75, 3.05) is 12.8 Å². The third-order valence-electron chi connectivity index (χ3n) is 5.17. The van der Waals surface area contributed by atoms with E-state index >= 15 is 0 Å². The van der Waals surface area contributed by atoms with Crippen molar-refractivity contribution in [3.05, 3.63) is 101 Å². The fourth-order valence-electron chi connectivity index (χ4n) is 3.37. The van der Waals surface area contributed by atoms with Gasteiger partial charge in [-0.2, -0.15) is 0 Å². The Morgan fingerprint density at radius 2 is 1.59 bits per heavy atom. The van der Waals surface area contributed by atoms with Crippen LogP contribution in [0.1, 0.15) is 16.7 Å². The van der Waals surface area contributed by atoms with Crippen molar-refractivity contribution in [2.24, 2.45) is 0 Å². The quantitative estimate of drug-likeness (QED) is 0.445. The highest BCUT2D eigenvalue weighted by Gasteiger charge is 2.29. The minimum Gasteiger partial charge on any atom is -0.357 e. The fraction of sp³-hybridized carbons (Fsp3) is 0.231. The van der Waals surface area contributed by atoms with Gasteiger partial charge in [0, 0.05) is 29.9 Å². The Morgan fingerprint density at radius 1 is 0.938 bits per heavy atom. The van der Waals surface area contributed by atoms with Crippen molar-refractivity contribution >= 4 is 35.2 Å². The standard InChI is InChI=1S/C26H27ClN2O2S/c1-19-8-14-23(15-9-19)32-18-25(30)29(17-21-10-12-22(27)13-11-21)24(26(31)28-2)16-20-6-4-3-5-7-20/h3-15,24H,16-18H2,1-2H3,(H,28,31)/t24-/m0/s1. The van der Waals surface area contributed by atoms with Gasteiger partial charge in [-0.3, -0.25) is 9.59 Å². The SMILES string of the molecule is CNC(=O)[C@H](Cc1ccccc1)N(Cc1ccc(Cl)cc1)C(=O)CSc1ccc(C)cc1. The number of amides is 2. The molecule has 6 heteroatoms. The average Bonchev–Trinajstić information content (AvgIpc) is 2.82. The summed E-state index contributed by atoms with van der Waals surface area (Å²) in [5.74, 6) is -0.0228. The lowest BCUT2D eigenvalue weighted by atomic mass is 10.0. The average molecular weight is 467 g/mol. The molecular weight excluding hydrogens is 440 g/mol. The van der Waals surface area contributed by atoms with Crippen LogP contribution in [-0.4, -0.2) is 35.6 Å². The lowest BCUT2D eigenvalue weighted by Gasteiger charge is -2.31. The van der Waals surface area contributed by atoms with E-state index in [4.69, 9.17) is 11.6 Å². The molecule has 3 rings (SSSR count). The van der Waals surface area contributed by atoms with Crippen molar-refractivity contribution in [1.29, 1.82) is 0 Å². The number of hydrogen-bond donors (Lipinski definition) is 1. The van der Waals surface area contributed by atoms with E-state index in [1.54, 1.807) is 24.1 Å². The maximum absolute atomic E-state index is 13.4. The largest absolute Gasteiger partial charge is 0.357 e. The summed E-state index contributed by atoms with van der Waals surface area (Å²) < 4.78 is 0. The molecule has 1 atom stereocenters. The minimum absolute atomic E-state index is 0.0879. The molecule has 0 unspecified atom stereocenters. The van der Waals surface area contributed by atoms with Crippen LogP contribution in [0.2, 0.25) is 5.02 Å². The van der Waals surface area contributed by atoms with Crippen molar-refractivity contribution in [2.45, 2.75) is 30.8 Å². The number of hydrogen-bond acceptors (Lipinski definition) is 3. The first-order chi connectivity index (χ1) is 15.5. The van der Waals surface area contributed by atoms with Gasteiger partial charge in [-0.25, -0.2) is 0 Å². The number of halogens is 1. The summed E-state index contributed by atoms with van der Waals surface area (Å²) in [4.78, 5) is 29.0. The van der Waals surface area contributed by atoms with Crippen LogP contribution in [0.25, 0.3) is 0 Å². The number of rotatable bonds is 9. The van der Waals surface area contributed by atoms with E-state index in [1.807, 2.05) is 73.7 Å². The van der Waals surface area contributed by atoms with Crippen LogP contribution in [0, 0.1) is 6.92 Å². The molecule has 0 radical (unpaired) electrons. The molecule has 0 bridgehead atoms. The predicted molar refractivity (Wildman–Crippen MR) is 132 cm³/mol. The highest BCUT2D eigenvalue weighted by Crippen LogP contribution is 2.22. The first-order valence-electron chi connectivity index (χ1n) is 10.4. The Hall–Kier alpha value is -2.76. The van der Waals surface area contributed by atoms with Gasteiger partial charge in [0.2, 0.25) is 11.8 Å². The van der Waals surface area contributed by atoms with Gasteiger partial charge in [-0.1, -0.05) is 71.8 Å². The number of nitrogens with one attached hydrogen (secondary N) is 1. The Labute approximate surface area is 199 Å². The van der Waals surface area contributed by atoms with Crippen LogP contribution < -0.4 is 5.32 Å². The van der Waals surface area contributed by atoms with Crippen molar-refractivity contribution < 1.29 is 9.59 Å². The van der Waals surface area contributed by atoms with Crippen LogP contribution in [0.5, 0.6) is 0 Å². The molecule has 166 valence electrons. The highest BCUT2D eigenvalue weighted by atomic mass is 35.5. The second kappa shape index (κ2) is 11.7. The highest BCUT2D eigenvalue weighted by molar-refractivity contribution is 8.00. The van der Waals surface area contributed by atoms with Gasteiger partial charge in [-0.05, 0) is 42.3 Å². The molecule has 4 nitrogen and oxygen atoms in total. The topological polar surface area (TPSA) is 49.4 Å². The molecule has 0 aromatic heterocycles. The maximum atomic E-state index is 13.4.